The number of fused-ring (bicyclic) bond motifs is 1. The first-order chi connectivity index (χ1) is 20.6. The number of aliphatic hydroxyl groups is 1. The zero-order chi connectivity index (χ0) is 30.6. The summed E-state index contributed by atoms with van der Waals surface area (Å²) in [5.74, 6) is 0.0354. The molecule has 0 spiro atoms. The minimum absolute atomic E-state index is 0.0361. The number of likely N-dealkylation sites (N-methyl/N-ethyl adjacent to an activating group) is 1. The van der Waals surface area contributed by atoms with E-state index in [4.69, 9.17) is 4.74 Å². The highest BCUT2D eigenvalue weighted by molar-refractivity contribution is 7.94. The third-order valence-electron chi connectivity index (χ3n) is 7.68. The average Bonchev–Trinajstić information content (AvgIpc) is 3.56. The molecule has 1 amide bonds. The van der Waals surface area contributed by atoms with Crippen molar-refractivity contribution in [1.29, 1.82) is 0 Å². The maximum Gasteiger partial charge on any atom is 0.271 e. The first kappa shape index (κ1) is 30.7. The van der Waals surface area contributed by atoms with Crippen LogP contribution in [0.4, 0.5) is 5.69 Å². The fourth-order valence-corrected chi connectivity index (χ4v) is 7.28. The predicted octanol–water partition coefficient (Wildman–Crippen LogP) is 5.57. The largest absolute Gasteiger partial charge is 0.488 e. The van der Waals surface area contributed by atoms with Gasteiger partial charge in [-0.3, -0.25) is 14.4 Å². The summed E-state index contributed by atoms with van der Waals surface area (Å²) in [6.07, 6.45) is -0.262. The number of thiophene rings is 1. The molecule has 0 unspecified atom stereocenters. The van der Waals surface area contributed by atoms with Crippen LogP contribution in [0.3, 0.4) is 0 Å². The van der Waals surface area contributed by atoms with Gasteiger partial charge in [-0.05, 0) is 60.3 Å². The molecule has 0 fully saturated rings. The summed E-state index contributed by atoms with van der Waals surface area (Å²) in [4.78, 5) is 17.6. The number of anilines is 1. The Morgan fingerprint density at radius 2 is 1.77 bits per heavy atom. The van der Waals surface area contributed by atoms with Gasteiger partial charge in [-0.15, -0.1) is 11.3 Å². The summed E-state index contributed by atoms with van der Waals surface area (Å²) >= 11 is 1.12. The second kappa shape index (κ2) is 13.3. The van der Waals surface area contributed by atoms with Crippen LogP contribution in [0.25, 0.3) is 11.1 Å². The van der Waals surface area contributed by atoms with Gasteiger partial charge in [-0.1, -0.05) is 67.6 Å². The molecule has 1 aliphatic rings. The number of hydrogen-bond donors (Lipinski definition) is 2. The van der Waals surface area contributed by atoms with E-state index < -0.39 is 16.1 Å². The standard InChI is InChI=1S/C33H37N3O5S2/c1-23-19-36(24(2)22-37)33(38)29-18-28(34-43(39,40)32-10-7-17-42-32)15-16-30(29)41-31(23)21-35(3)20-25-11-13-27(14-12-25)26-8-5-4-6-9-26/h4-18,23-24,31,34,37H,19-22H2,1-3H3/t23-,24+,31-/m0/s1. The number of aliphatic hydroxyl groups excluding tert-OH is 1. The summed E-state index contributed by atoms with van der Waals surface area (Å²) < 4.78 is 35.0. The fraction of sp³-hybridized carbons (Fsp3) is 0.303. The SMILES string of the molecule is C[C@H](CO)N1C[C@H](C)[C@H](CN(C)Cc2ccc(-c3ccccc3)cc2)Oc2ccc(NS(=O)(=O)c3cccs3)cc2C1=O. The Balaban J connectivity index is 1.36. The molecule has 2 heterocycles. The highest BCUT2D eigenvalue weighted by Crippen LogP contribution is 2.32. The zero-order valence-electron chi connectivity index (χ0n) is 24.5. The lowest BCUT2D eigenvalue weighted by molar-refractivity contribution is 0.0341. The second-order valence-electron chi connectivity index (χ2n) is 11.1. The van der Waals surface area contributed by atoms with Crippen LogP contribution in [0.1, 0.15) is 29.8 Å². The van der Waals surface area contributed by atoms with E-state index in [1.807, 2.05) is 32.2 Å². The smallest absolute Gasteiger partial charge is 0.271 e. The van der Waals surface area contributed by atoms with E-state index in [2.05, 4.69) is 46.0 Å². The molecule has 0 saturated carbocycles. The molecule has 3 atom stereocenters. The molecule has 1 aromatic heterocycles. The molecular weight excluding hydrogens is 583 g/mol. The van der Waals surface area contributed by atoms with Crippen molar-refractivity contribution in [2.24, 2.45) is 5.92 Å². The molecule has 0 radical (unpaired) electrons. The summed E-state index contributed by atoms with van der Waals surface area (Å²) in [5.41, 5.74) is 4.04. The molecule has 8 nitrogen and oxygen atoms in total. The minimum Gasteiger partial charge on any atom is -0.488 e. The third kappa shape index (κ3) is 7.27. The van der Waals surface area contributed by atoms with Crippen LogP contribution in [-0.4, -0.2) is 68.1 Å². The van der Waals surface area contributed by atoms with Crippen LogP contribution < -0.4 is 9.46 Å². The van der Waals surface area contributed by atoms with Crippen LogP contribution in [0, 0.1) is 5.92 Å². The quantitative estimate of drug-likeness (QED) is 0.241. The van der Waals surface area contributed by atoms with E-state index in [-0.39, 0.29) is 40.0 Å². The number of nitrogens with zero attached hydrogens (tertiary/aromatic N) is 2. The van der Waals surface area contributed by atoms with Crippen molar-refractivity contribution >= 4 is 33.0 Å². The number of carbonyl (C=O) groups excluding carboxylic acids is 1. The summed E-state index contributed by atoms with van der Waals surface area (Å²) in [5, 5.41) is 11.7. The van der Waals surface area contributed by atoms with E-state index in [1.165, 1.54) is 28.8 Å². The zero-order valence-corrected chi connectivity index (χ0v) is 26.1. The van der Waals surface area contributed by atoms with Gasteiger partial charge >= 0.3 is 0 Å². The molecular formula is C33H37N3O5S2. The van der Waals surface area contributed by atoms with E-state index in [9.17, 15) is 18.3 Å². The molecule has 0 saturated heterocycles. The number of nitrogens with one attached hydrogen (secondary N) is 1. The van der Waals surface area contributed by atoms with Gasteiger partial charge in [0.25, 0.3) is 15.9 Å². The first-order valence-corrected chi connectivity index (χ1v) is 16.6. The van der Waals surface area contributed by atoms with Crippen LogP contribution in [0.5, 0.6) is 5.75 Å². The molecule has 1 aliphatic heterocycles. The number of amides is 1. The lowest BCUT2D eigenvalue weighted by Gasteiger charge is -2.38. The van der Waals surface area contributed by atoms with E-state index >= 15 is 0 Å². The van der Waals surface area contributed by atoms with Crippen molar-refractivity contribution in [2.45, 2.75) is 36.7 Å². The van der Waals surface area contributed by atoms with E-state index in [1.54, 1.807) is 35.4 Å². The molecule has 5 rings (SSSR count). The summed E-state index contributed by atoms with van der Waals surface area (Å²) in [6.45, 7) is 5.36. The Bertz CT molecular complexity index is 1630. The summed E-state index contributed by atoms with van der Waals surface area (Å²) in [7, 11) is -1.75. The van der Waals surface area contributed by atoms with Crippen molar-refractivity contribution in [2.75, 3.05) is 31.5 Å². The van der Waals surface area contributed by atoms with Crippen molar-refractivity contribution in [3.05, 3.63) is 101 Å². The number of ether oxygens (including phenoxy) is 1. The minimum atomic E-state index is -3.79. The van der Waals surface area contributed by atoms with Crippen molar-refractivity contribution in [1.82, 2.24) is 9.80 Å². The Morgan fingerprint density at radius 3 is 2.44 bits per heavy atom. The van der Waals surface area contributed by atoms with Gasteiger partial charge < -0.3 is 14.7 Å². The van der Waals surface area contributed by atoms with Crippen LogP contribution >= 0.6 is 11.3 Å². The monoisotopic (exact) mass is 619 g/mol. The molecule has 0 bridgehead atoms. The summed E-state index contributed by atoms with van der Waals surface area (Å²) in [6, 6.07) is 26.4. The Kier molecular flexibility index (Phi) is 9.51. The van der Waals surface area contributed by atoms with Gasteiger partial charge in [0, 0.05) is 31.2 Å². The fourth-order valence-electron chi connectivity index (χ4n) is 5.24. The molecule has 4 aromatic rings. The molecule has 2 N–H and O–H groups in total. The number of sulfonamides is 1. The van der Waals surface area contributed by atoms with Gasteiger partial charge in [0.1, 0.15) is 16.1 Å². The van der Waals surface area contributed by atoms with Gasteiger partial charge in [0.15, 0.2) is 0 Å². The lowest BCUT2D eigenvalue weighted by atomic mass is 9.99. The highest BCUT2D eigenvalue weighted by Gasteiger charge is 2.33. The molecule has 0 aliphatic carbocycles. The van der Waals surface area contributed by atoms with Crippen LogP contribution in [0.2, 0.25) is 0 Å². The van der Waals surface area contributed by atoms with Crippen LogP contribution in [0.15, 0.2) is 94.5 Å². The second-order valence-corrected chi connectivity index (χ2v) is 14.0. The number of hydrogen-bond acceptors (Lipinski definition) is 7. The third-order valence-corrected chi connectivity index (χ3v) is 10.5. The molecule has 43 heavy (non-hydrogen) atoms. The molecule has 10 heteroatoms. The average molecular weight is 620 g/mol. The maximum atomic E-state index is 13.7. The van der Waals surface area contributed by atoms with Crippen molar-refractivity contribution in [3.63, 3.8) is 0 Å². The predicted molar refractivity (Wildman–Crippen MR) is 171 cm³/mol. The van der Waals surface area contributed by atoms with Gasteiger partial charge in [-0.25, -0.2) is 8.42 Å². The van der Waals surface area contributed by atoms with Gasteiger partial charge in [0.05, 0.1) is 18.2 Å². The Morgan fingerprint density at radius 1 is 1.05 bits per heavy atom. The first-order valence-electron chi connectivity index (χ1n) is 14.3. The van der Waals surface area contributed by atoms with E-state index in [0.717, 1.165) is 11.3 Å². The molecule has 226 valence electrons. The van der Waals surface area contributed by atoms with Gasteiger partial charge in [0.2, 0.25) is 0 Å². The number of rotatable bonds is 10. The highest BCUT2D eigenvalue weighted by atomic mass is 32.2. The van der Waals surface area contributed by atoms with Crippen molar-refractivity contribution < 1.29 is 23.1 Å². The maximum absolute atomic E-state index is 13.7. The Labute approximate surface area is 257 Å². The number of benzene rings is 3. The lowest BCUT2D eigenvalue weighted by Crippen LogP contribution is -2.49. The van der Waals surface area contributed by atoms with E-state index in [0.29, 0.717) is 25.4 Å². The Hall–Kier alpha value is -3.70. The van der Waals surface area contributed by atoms with Crippen LogP contribution in [-0.2, 0) is 16.6 Å². The normalized spacial score (nSPS) is 18.0. The topological polar surface area (TPSA) is 99.2 Å². The molecule has 3 aromatic carbocycles. The van der Waals surface area contributed by atoms with Gasteiger partial charge in [-0.2, -0.15) is 0 Å². The number of carbonyl (C=O) groups is 1. The van der Waals surface area contributed by atoms with Crippen molar-refractivity contribution in [3.8, 4) is 16.9 Å².